The zero-order chi connectivity index (χ0) is 19.9. The quantitative estimate of drug-likeness (QED) is 0.602. The molecule has 7 heteroatoms. The minimum atomic E-state index is -0.282. The topological polar surface area (TPSA) is 54.3 Å². The molecule has 1 heterocycles. The maximum atomic E-state index is 13.0. The van der Waals surface area contributed by atoms with Gasteiger partial charge in [0.1, 0.15) is 5.82 Å². The van der Waals surface area contributed by atoms with Crippen LogP contribution in [0.25, 0.3) is 0 Å². The molecule has 1 aromatic heterocycles. The number of aromatic nitrogens is 3. The molecule has 0 spiro atoms. The second kappa shape index (κ2) is 9.23. The van der Waals surface area contributed by atoms with Crippen molar-refractivity contribution < 1.29 is 9.18 Å². The largest absolute Gasteiger partial charge is 0.332 e. The molecular weight excluding hydrogens is 357 g/mol. The van der Waals surface area contributed by atoms with Crippen LogP contribution in [0.3, 0.4) is 0 Å². The van der Waals surface area contributed by atoms with Gasteiger partial charge in [0.25, 0.3) is 5.91 Å². The molecule has 0 saturated heterocycles. The third-order valence-corrected chi connectivity index (χ3v) is 4.34. The first-order chi connectivity index (χ1) is 13.5. The number of halogens is 1. The lowest BCUT2D eigenvalue weighted by Gasteiger charge is -2.23. The second-order valence-electron chi connectivity index (χ2n) is 6.94. The minimum absolute atomic E-state index is 0.156. The molecule has 0 aliphatic rings. The molecule has 28 heavy (non-hydrogen) atoms. The Hall–Kier alpha value is -3.06. The number of carbonyl (C=O) groups excluding carboxylic acids is 1. The Labute approximate surface area is 164 Å². The summed E-state index contributed by atoms with van der Waals surface area (Å²) < 4.78 is 14.6. The van der Waals surface area contributed by atoms with Gasteiger partial charge >= 0.3 is 0 Å². The SMILES string of the molecule is CN(C)CCN(Cc1ccccc1)C(=O)c1cn(Cc2ccc(F)cc2)nn1. The van der Waals surface area contributed by atoms with Crippen molar-refractivity contribution in [3.05, 3.63) is 83.4 Å². The summed E-state index contributed by atoms with van der Waals surface area (Å²) in [6.45, 7) is 2.28. The van der Waals surface area contributed by atoms with Crippen LogP contribution in [-0.4, -0.2) is 57.9 Å². The Morgan fingerprint density at radius 1 is 1.00 bits per heavy atom. The molecule has 0 N–H and O–H groups in total. The number of carbonyl (C=O) groups is 1. The van der Waals surface area contributed by atoms with Gasteiger partial charge in [-0.1, -0.05) is 47.7 Å². The van der Waals surface area contributed by atoms with Crippen LogP contribution in [0.15, 0.2) is 60.8 Å². The first-order valence-corrected chi connectivity index (χ1v) is 9.14. The summed E-state index contributed by atoms with van der Waals surface area (Å²) in [6.07, 6.45) is 1.64. The van der Waals surface area contributed by atoms with Crippen LogP contribution in [0, 0.1) is 5.82 Å². The first-order valence-electron chi connectivity index (χ1n) is 9.14. The monoisotopic (exact) mass is 381 g/mol. The molecule has 0 fully saturated rings. The molecule has 3 rings (SSSR count). The summed E-state index contributed by atoms with van der Waals surface area (Å²) in [6, 6.07) is 16.1. The summed E-state index contributed by atoms with van der Waals surface area (Å²) in [5.74, 6) is -0.438. The van der Waals surface area contributed by atoms with Crippen molar-refractivity contribution in [1.82, 2.24) is 24.8 Å². The van der Waals surface area contributed by atoms with Gasteiger partial charge in [0, 0.05) is 19.6 Å². The molecule has 0 unspecified atom stereocenters. The number of hydrogen-bond donors (Lipinski definition) is 0. The zero-order valence-corrected chi connectivity index (χ0v) is 16.1. The van der Waals surface area contributed by atoms with Crippen LogP contribution in [0.5, 0.6) is 0 Å². The molecule has 0 atom stereocenters. The van der Waals surface area contributed by atoms with Crippen LogP contribution in [0.2, 0.25) is 0 Å². The van der Waals surface area contributed by atoms with Crippen LogP contribution < -0.4 is 0 Å². The molecule has 6 nitrogen and oxygen atoms in total. The highest BCUT2D eigenvalue weighted by atomic mass is 19.1. The Balaban J connectivity index is 1.72. The maximum Gasteiger partial charge on any atom is 0.276 e. The first kappa shape index (κ1) is 19.7. The van der Waals surface area contributed by atoms with E-state index in [4.69, 9.17) is 0 Å². The van der Waals surface area contributed by atoms with Crippen LogP contribution in [0.1, 0.15) is 21.6 Å². The average molecular weight is 381 g/mol. The highest BCUT2D eigenvalue weighted by molar-refractivity contribution is 5.91. The Morgan fingerprint density at radius 3 is 2.39 bits per heavy atom. The third-order valence-electron chi connectivity index (χ3n) is 4.34. The Kier molecular flexibility index (Phi) is 6.49. The minimum Gasteiger partial charge on any atom is -0.332 e. The number of likely N-dealkylation sites (N-methyl/N-ethyl adjacent to an activating group) is 1. The number of rotatable bonds is 8. The molecule has 2 aromatic carbocycles. The Morgan fingerprint density at radius 2 is 1.71 bits per heavy atom. The van der Waals surface area contributed by atoms with Crippen molar-refractivity contribution in [2.24, 2.45) is 0 Å². The van der Waals surface area contributed by atoms with Gasteiger partial charge in [0.2, 0.25) is 0 Å². The van der Waals surface area contributed by atoms with E-state index in [1.54, 1.807) is 27.9 Å². The maximum absolute atomic E-state index is 13.0. The van der Waals surface area contributed by atoms with Crippen molar-refractivity contribution in [3.63, 3.8) is 0 Å². The second-order valence-corrected chi connectivity index (χ2v) is 6.94. The smallest absolute Gasteiger partial charge is 0.276 e. The summed E-state index contributed by atoms with van der Waals surface area (Å²) in [7, 11) is 3.95. The Bertz CT molecular complexity index is 893. The van der Waals surface area contributed by atoms with Gasteiger partial charge < -0.3 is 9.80 Å². The van der Waals surface area contributed by atoms with Crippen LogP contribution in [-0.2, 0) is 13.1 Å². The predicted molar refractivity (Wildman–Crippen MR) is 105 cm³/mol. The average Bonchev–Trinajstić information content (AvgIpc) is 3.15. The van der Waals surface area contributed by atoms with Gasteiger partial charge in [-0.05, 0) is 37.4 Å². The molecule has 0 bridgehead atoms. The predicted octanol–water partition coefficient (Wildman–Crippen LogP) is 2.67. The summed E-state index contributed by atoms with van der Waals surface area (Å²) >= 11 is 0. The highest BCUT2D eigenvalue weighted by Gasteiger charge is 2.19. The van der Waals surface area contributed by atoms with Crippen LogP contribution in [0.4, 0.5) is 4.39 Å². The zero-order valence-electron chi connectivity index (χ0n) is 16.1. The van der Waals surface area contributed by atoms with Gasteiger partial charge in [-0.3, -0.25) is 4.79 Å². The van der Waals surface area contributed by atoms with Crippen molar-refractivity contribution in [2.45, 2.75) is 13.1 Å². The van der Waals surface area contributed by atoms with Crippen LogP contribution >= 0.6 is 0 Å². The highest BCUT2D eigenvalue weighted by Crippen LogP contribution is 2.10. The van der Waals surface area contributed by atoms with E-state index in [-0.39, 0.29) is 11.7 Å². The lowest BCUT2D eigenvalue weighted by Crippen LogP contribution is -2.36. The van der Waals surface area contributed by atoms with Crippen molar-refractivity contribution in [2.75, 3.05) is 27.2 Å². The van der Waals surface area contributed by atoms with E-state index in [1.807, 2.05) is 49.3 Å². The van der Waals surface area contributed by atoms with E-state index < -0.39 is 0 Å². The van der Waals surface area contributed by atoms with E-state index in [9.17, 15) is 9.18 Å². The number of hydrogen-bond acceptors (Lipinski definition) is 4. The molecule has 0 radical (unpaired) electrons. The van der Waals surface area contributed by atoms with Gasteiger partial charge in [0.05, 0.1) is 12.7 Å². The molecule has 146 valence electrons. The molecule has 0 aliphatic carbocycles. The van der Waals surface area contributed by atoms with Gasteiger partial charge in [-0.25, -0.2) is 9.07 Å². The lowest BCUT2D eigenvalue weighted by atomic mass is 10.2. The fourth-order valence-corrected chi connectivity index (χ4v) is 2.79. The lowest BCUT2D eigenvalue weighted by molar-refractivity contribution is 0.0726. The molecule has 3 aromatic rings. The van der Waals surface area contributed by atoms with Gasteiger partial charge in [-0.15, -0.1) is 5.10 Å². The molecular formula is C21H24FN5O. The fraction of sp³-hybridized carbons (Fsp3) is 0.286. The van der Waals surface area contributed by atoms with Gasteiger partial charge in [-0.2, -0.15) is 0 Å². The third kappa shape index (κ3) is 5.47. The van der Waals surface area contributed by atoms with E-state index in [2.05, 4.69) is 10.3 Å². The molecule has 0 saturated carbocycles. The van der Waals surface area contributed by atoms with E-state index in [1.165, 1.54) is 12.1 Å². The molecule has 0 aliphatic heterocycles. The molecule has 1 amide bonds. The number of amides is 1. The van der Waals surface area contributed by atoms with Crippen molar-refractivity contribution in [1.29, 1.82) is 0 Å². The standard InChI is InChI=1S/C21H24FN5O/c1-25(2)12-13-26(14-17-6-4-3-5-7-17)21(28)20-16-27(24-23-20)15-18-8-10-19(22)11-9-18/h3-11,16H,12-15H2,1-2H3. The summed E-state index contributed by atoms with van der Waals surface area (Å²) in [4.78, 5) is 16.8. The number of benzene rings is 2. The summed E-state index contributed by atoms with van der Waals surface area (Å²) in [5.41, 5.74) is 2.25. The van der Waals surface area contributed by atoms with E-state index in [0.717, 1.165) is 17.7 Å². The normalized spacial score (nSPS) is 11.0. The van der Waals surface area contributed by atoms with Gasteiger partial charge in [0.15, 0.2) is 5.69 Å². The van der Waals surface area contributed by atoms with E-state index in [0.29, 0.717) is 25.3 Å². The van der Waals surface area contributed by atoms with Crippen molar-refractivity contribution >= 4 is 5.91 Å². The summed E-state index contributed by atoms with van der Waals surface area (Å²) in [5, 5.41) is 8.11. The number of nitrogens with zero attached hydrogens (tertiary/aromatic N) is 5. The van der Waals surface area contributed by atoms with Crippen molar-refractivity contribution in [3.8, 4) is 0 Å². The fourth-order valence-electron chi connectivity index (χ4n) is 2.79. The van der Waals surface area contributed by atoms with E-state index >= 15 is 0 Å².